The molecule has 0 unspecified atom stereocenters. The maximum absolute atomic E-state index is 5.20. The summed E-state index contributed by atoms with van der Waals surface area (Å²) in [6.45, 7) is 4.22. The lowest BCUT2D eigenvalue weighted by Crippen LogP contribution is -1.93. The predicted octanol–water partition coefficient (Wildman–Crippen LogP) is 4.44. The number of aryl methyl sites for hydroxylation is 2. The number of methoxy groups -OCH3 is 1. The van der Waals surface area contributed by atoms with Crippen LogP contribution in [0, 0.1) is 13.8 Å². The molecule has 0 saturated carbocycles. The Hall–Kier alpha value is -2.68. The number of benzene rings is 2. The molecular weight excluding hydrogens is 272 g/mol. The van der Waals surface area contributed by atoms with E-state index in [9.17, 15) is 0 Å². The van der Waals surface area contributed by atoms with Crippen LogP contribution in [-0.4, -0.2) is 17.1 Å². The van der Waals surface area contributed by atoms with Gasteiger partial charge in [-0.05, 0) is 55.3 Å². The van der Waals surface area contributed by atoms with Gasteiger partial charge in [0, 0.05) is 11.1 Å². The molecule has 3 heteroatoms. The van der Waals surface area contributed by atoms with Gasteiger partial charge in [-0.25, -0.2) is 9.97 Å². The van der Waals surface area contributed by atoms with Crippen molar-refractivity contribution in [2.45, 2.75) is 13.8 Å². The zero-order valence-corrected chi connectivity index (χ0v) is 13.0. The molecule has 1 aromatic heterocycles. The van der Waals surface area contributed by atoms with Gasteiger partial charge in [0.1, 0.15) is 12.1 Å². The van der Waals surface area contributed by atoms with Crippen LogP contribution in [0.1, 0.15) is 11.1 Å². The van der Waals surface area contributed by atoms with E-state index in [1.54, 1.807) is 13.4 Å². The number of hydrogen-bond acceptors (Lipinski definition) is 3. The molecule has 3 nitrogen and oxygen atoms in total. The topological polar surface area (TPSA) is 35.0 Å². The number of ether oxygens (including phenoxy) is 1. The zero-order chi connectivity index (χ0) is 15.5. The van der Waals surface area contributed by atoms with Gasteiger partial charge in [0.05, 0.1) is 18.5 Å². The van der Waals surface area contributed by atoms with Crippen molar-refractivity contribution in [1.29, 1.82) is 0 Å². The summed E-state index contributed by atoms with van der Waals surface area (Å²) in [5.74, 6) is 0.841. The summed E-state index contributed by atoms with van der Waals surface area (Å²) in [6, 6.07) is 16.2. The van der Waals surface area contributed by atoms with Gasteiger partial charge in [-0.2, -0.15) is 0 Å². The normalized spacial score (nSPS) is 10.5. The molecule has 22 heavy (non-hydrogen) atoms. The lowest BCUT2D eigenvalue weighted by atomic mass is 9.99. The van der Waals surface area contributed by atoms with Crippen LogP contribution in [-0.2, 0) is 0 Å². The van der Waals surface area contributed by atoms with Crippen molar-refractivity contribution in [1.82, 2.24) is 9.97 Å². The van der Waals surface area contributed by atoms with Crippen molar-refractivity contribution in [2.75, 3.05) is 7.11 Å². The number of rotatable bonds is 3. The first-order chi connectivity index (χ1) is 10.7. The van der Waals surface area contributed by atoms with Gasteiger partial charge < -0.3 is 4.74 Å². The Kier molecular flexibility index (Phi) is 3.88. The standard InChI is InChI=1S/C19H18N2O/c1-13-5-4-6-14(2)19(13)18-11-17(20-12-21-18)15-7-9-16(22-3)10-8-15/h4-12H,1-3H3. The molecule has 2 aromatic carbocycles. The fourth-order valence-corrected chi connectivity index (χ4v) is 2.63. The molecule has 0 fully saturated rings. The van der Waals surface area contributed by atoms with Gasteiger partial charge in [0.15, 0.2) is 0 Å². The first-order valence-corrected chi connectivity index (χ1v) is 7.22. The van der Waals surface area contributed by atoms with E-state index < -0.39 is 0 Å². The van der Waals surface area contributed by atoms with Crippen LogP contribution in [0.4, 0.5) is 0 Å². The van der Waals surface area contributed by atoms with Gasteiger partial charge in [-0.1, -0.05) is 18.2 Å². The van der Waals surface area contributed by atoms with Gasteiger partial charge in [0.2, 0.25) is 0 Å². The second-order valence-electron chi connectivity index (χ2n) is 5.28. The van der Waals surface area contributed by atoms with Crippen LogP contribution in [0.15, 0.2) is 54.9 Å². The number of hydrogen-bond donors (Lipinski definition) is 0. The average molecular weight is 290 g/mol. The quantitative estimate of drug-likeness (QED) is 0.715. The van der Waals surface area contributed by atoms with E-state index in [-0.39, 0.29) is 0 Å². The lowest BCUT2D eigenvalue weighted by Gasteiger charge is -2.10. The fourth-order valence-electron chi connectivity index (χ4n) is 2.63. The summed E-state index contributed by atoms with van der Waals surface area (Å²) in [4.78, 5) is 8.85. The van der Waals surface area contributed by atoms with E-state index in [1.807, 2.05) is 30.3 Å². The summed E-state index contributed by atoms with van der Waals surface area (Å²) in [7, 11) is 1.67. The second kappa shape index (κ2) is 5.98. The van der Waals surface area contributed by atoms with Gasteiger partial charge in [0.25, 0.3) is 0 Å². The first kappa shape index (κ1) is 14.3. The average Bonchev–Trinajstić information content (AvgIpc) is 2.55. The Balaban J connectivity index is 2.06. The minimum atomic E-state index is 0.841. The summed E-state index contributed by atoms with van der Waals surface area (Å²) in [6.07, 6.45) is 1.63. The van der Waals surface area contributed by atoms with E-state index in [2.05, 4.69) is 42.0 Å². The predicted molar refractivity (Wildman–Crippen MR) is 88.9 cm³/mol. The molecule has 0 atom stereocenters. The molecule has 0 bridgehead atoms. The van der Waals surface area contributed by atoms with Crippen molar-refractivity contribution in [3.63, 3.8) is 0 Å². The molecule has 0 spiro atoms. The molecule has 0 aliphatic carbocycles. The molecule has 3 aromatic rings. The molecule has 0 N–H and O–H groups in total. The van der Waals surface area contributed by atoms with E-state index in [0.717, 1.165) is 22.7 Å². The van der Waals surface area contributed by atoms with Crippen molar-refractivity contribution >= 4 is 0 Å². The number of aromatic nitrogens is 2. The Morgan fingerprint density at radius 1 is 0.818 bits per heavy atom. The van der Waals surface area contributed by atoms with Crippen molar-refractivity contribution in [3.8, 4) is 28.3 Å². The Morgan fingerprint density at radius 3 is 2.09 bits per heavy atom. The Morgan fingerprint density at radius 2 is 1.45 bits per heavy atom. The Bertz CT molecular complexity index is 775. The molecular formula is C19H18N2O. The summed E-state index contributed by atoms with van der Waals surface area (Å²) in [5.41, 5.74) is 6.54. The zero-order valence-electron chi connectivity index (χ0n) is 13.0. The highest BCUT2D eigenvalue weighted by atomic mass is 16.5. The SMILES string of the molecule is COc1ccc(-c2cc(-c3c(C)cccc3C)ncn2)cc1. The summed E-state index contributed by atoms with van der Waals surface area (Å²) < 4.78 is 5.20. The van der Waals surface area contributed by atoms with Gasteiger partial charge >= 0.3 is 0 Å². The molecule has 0 aliphatic heterocycles. The first-order valence-electron chi connectivity index (χ1n) is 7.22. The van der Waals surface area contributed by atoms with Crippen molar-refractivity contribution < 1.29 is 4.74 Å². The number of nitrogens with zero attached hydrogens (tertiary/aromatic N) is 2. The highest BCUT2D eigenvalue weighted by Gasteiger charge is 2.09. The fraction of sp³-hybridized carbons (Fsp3) is 0.158. The monoisotopic (exact) mass is 290 g/mol. The van der Waals surface area contributed by atoms with E-state index in [4.69, 9.17) is 4.74 Å². The van der Waals surface area contributed by atoms with Crippen molar-refractivity contribution in [2.24, 2.45) is 0 Å². The smallest absolute Gasteiger partial charge is 0.118 e. The minimum absolute atomic E-state index is 0.841. The van der Waals surface area contributed by atoms with Crippen molar-refractivity contribution in [3.05, 3.63) is 66.0 Å². The largest absolute Gasteiger partial charge is 0.497 e. The van der Waals surface area contributed by atoms with Gasteiger partial charge in [-0.15, -0.1) is 0 Å². The van der Waals surface area contributed by atoms with Gasteiger partial charge in [-0.3, -0.25) is 0 Å². The maximum atomic E-state index is 5.20. The van der Waals surface area contributed by atoms with E-state index >= 15 is 0 Å². The summed E-state index contributed by atoms with van der Waals surface area (Å²) in [5, 5.41) is 0. The highest BCUT2D eigenvalue weighted by molar-refractivity contribution is 5.72. The van der Waals surface area contributed by atoms with Crippen LogP contribution >= 0.6 is 0 Å². The van der Waals surface area contributed by atoms with Crippen LogP contribution in [0.2, 0.25) is 0 Å². The van der Waals surface area contributed by atoms with Crippen LogP contribution in [0.5, 0.6) is 5.75 Å². The van der Waals surface area contributed by atoms with E-state index in [0.29, 0.717) is 0 Å². The lowest BCUT2D eigenvalue weighted by molar-refractivity contribution is 0.415. The second-order valence-corrected chi connectivity index (χ2v) is 5.28. The van der Waals surface area contributed by atoms with Crippen LogP contribution in [0.3, 0.4) is 0 Å². The highest BCUT2D eigenvalue weighted by Crippen LogP contribution is 2.28. The minimum Gasteiger partial charge on any atom is -0.497 e. The molecule has 0 radical (unpaired) electrons. The molecule has 110 valence electrons. The molecule has 0 aliphatic rings. The molecule has 1 heterocycles. The molecule has 0 saturated heterocycles. The van der Waals surface area contributed by atoms with E-state index in [1.165, 1.54) is 16.7 Å². The third-order valence-electron chi connectivity index (χ3n) is 3.79. The summed E-state index contributed by atoms with van der Waals surface area (Å²) >= 11 is 0. The third kappa shape index (κ3) is 2.70. The van der Waals surface area contributed by atoms with Crippen LogP contribution < -0.4 is 4.74 Å². The van der Waals surface area contributed by atoms with Crippen LogP contribution in [0.25, 0.3) is 22.5 Å². The molecule has 3 rings (SSSR count). The molecule has 0 amide bonds. The third-order valence-corrected chi connectivity index (χ3v) is 3.79. The maximum Gasteiger partial charge on any atom is 0.118 e. The Labute approximate surface area is 130 Å².